The summed E-state index contributed by atoms with van der Waals surface area (Å²) in [5.41, 5.74) is 1.57. The molecule has 156 valence electrons. The summed E-state index contributed by atoms with van der Waals surface area (Å²) in [6.45, 7) is 6.84. The molecule has 0 aromatic heterocycles. The first kappa shape index (κ1) is 21.2. The number of anilines is 1. The number of amides is 4. The van der Waals surface area contributed by atoms with E-state index in [-0.39, 0.29) is 5.78 Å². The van der Waals surface area contributed by atoms with Gasteiger partial charge in [0.05, 0.1) is 0 Å². The van der Waals surface area contributed by atoms with Gasteiger partial charge in [0.2, 0.25) is 5.91 Å². The average molecular weight is 407 g/mol. The van der Waals surface area contributed by atoms with Gasteiger partial charge in [0.15, 0.2) is 5.78 Å². The van der Waals surface area contributed by atoms with Crippen LogP contribution in [0, 0.1) is 0 Å². The molecule has 1 saturated heterocycles. The summed E-state index contributed by atoms with van der Waals surface area (Å²) in [6.07, 6.45) is 0. The normalized spacial score (nSPS) is 18.5. The van der Waals surface area contributed by atoms with Crippen LogP contribution in [-0.4, -0.2) is 35.1 Å². The summed E-state index contributed by atoms with van der Waals surface area (Å²) >= 11 is 0. The molecule has 0 spiro atoms. The molecule has 3 rings (SSSR count). The number of rotatable bonds is 6. The summed E-state index contributed by atoms with van der Waals surface area (Å²) in [5, 5.41) is 5.34. The number of carbonyl (C=O) groups is 4. The Morgan fingerprint density at radius 2 is 1.63 bits per heavy atom. The van der Waals surface area contributed by atoms with Gasteiger partial charge in [0.25, 0.3) is 5.91 Å². The van der Waals surface area contributed by atoms with Crippen molar-refractivity contribution in [2.45, 2.75) is 39.2 Å². The summed E-state index contributed by atoms with van der Waals surface area (Å²) in [4.78, 5) is 50.1. The molecule has 7 heteroatoms. The molecule has 2 N–H and O–H groups in total. The van der Waals surface area contributed by atoms with Crippen LogP contribution in [0.3, 0.4) is 0 Å². The first-order valence-corrected chi connectivity index (χ1v) is 9.77. The molecule has 0 radical (unpaired) electrons. The van der Waals surface area contributed by atoms with Gasteiger partial charge in [-0.3, -0.25) is 19.3 Å². The SMILES string of the molecule is CC(=O)c1ccc(NC(=O)CN2C(=O)N[C@](C)(c3ccc(C(C)C)cc3)C2=O)cc1. The molecule has 0 aliphatic carbocycles. The predicted molar refractivity (Wildman–Crippen MR) is 113 cm³/mol. The number of Topliss-reactive ketones (excluding diaryl/α,β-unsaturated/α-hetero) is 1. The van der Waals surface area contributed by atoms with Crippen LogP contribution < -0.4 is 10.6 Å². The van der Waals surface area contributed by atoms with Crippen LogP contribution in [-0.2, 0) is 15.1 Å². The number of carbonyl (C=O) groups excluding carboxylic acids is 4. The third-order valence-electron chi connectivity index (χ3n) is 5.31. The smallest absolute Gasteiger partial charge is 0.325 e. The second kappa shape index (κ2) is 8.10. The van der Waals surface area contributed by atoms with Crippen molar-refractivity contribution in [1.29, 1.82) is 0 Å². The highest BCUT2D eigenvalue weighted by molar-refractivity contribution is 6.10. The third kappa shape index (κ3) is 4.10. The Bertz CT molecular complexity index is 996. The van der Waals surface area contributed by atoms with Crippen LogP contribution in [0.5, 0.6) is 0 Å². The van der Waals surface area contributed by atoms with Crippen molar-refractivity contribution in [3.8, 4) is 0 Å². The second-order valence-corrected chi connectivity index (χ2v) is 7.90. The van der Waals surface area contributed by atoms with Gasteiger partial charge in [-0.05, 0) is 55.2 Å². The van der Waals surface area contributed by atoms with Gasteiger partial charge in [0, 0.05) is 11.3 Å². The molecular weight excluding hydrogens is 382 g/mol. The van der Waals surface area contributed by atoms with Crippen LogP contribution in [0.4, 0.5) is 10.5 Å². The van der Waals surface area contributed by atoms with E-state index in [0.29, 0.717) is 22.7 Å². The highest BCUT2D eigenvalue weighted by Crippen LogP contribution is 2.30. The zero-order valence-electron chi connectivity index (χ0n) is 17.5. The lowest BCUT2D eigenvalue weighted by molar-refractivity contribution is -0.133. The summed E-state index contributed by atoms with van der Waals surface area (Å²) in [5.74, 6) is -0.710. The molecule has 1 aliphatic heterocycles. The Labute approximate surface area is 175 Å². The Hall–Kier alpha value is -3.48. The molecule has 1 atom stereocenters. The highest BCUT2D eigenvalue weighted by atomic mass is 16.2. The van der Waals surface area contributed by atoms with Gasteiger partial charge in [-0.1, -0.05) is 38.1 Å². The Morgan fingerprint density at radius 1 is 1.03 bits per heavy atom. The Morgan fingerprint density at radius 3 is 2.17 bits per heavy atom. The van der Waals surface area contributed by atoms with E-state index in [1.165, 1.54) is 6.92 Å². The van der Waals surface area contributed by atoms with E-state index in [1.54, 1.807) is 31.2 Å². The van der Waals surface area contributed by atoms with E-state index in [2.05, 4.69) is 24.5 Å². The molecule has 2 aromatic rings. The van der Waals surface area contributed by atoms with Gasteiger partial charge in [0.1, 0.15) is 12.1 Å². The molecular formula is C23H25N3O4. The van der Waals surface area contributed by atoms with E-state index >= 15 is 0 Å². The van der Waals surface area contributed by atoms with Crippen molar-refractivity contribution < 1.29 is 19.2 Å². The maximum absolute atomic E-state index is 13.0. The van der Waals surface area contributed by atoms with Crippen molar-refractivity contribution in [2.24, 2.45) is 0 Å². The first-order valence-electron chi connectivity index (χ1n) is 9.77. The molecule has 0 saturated carbocycles. The number of nitrogens with zero attached hydrogens (tertiary/aromatic N) is 1. The van der Waals surface area contributed by atoms with Crippen LogP contribution >= 0.6 is 0 Å². The molecule has 0 bridgehead atoms. The fourth-order valence-corrected chi connectivity index (χ4v) is 3.37. The molecule has 1 fully saturated rings. The molecule has 7 nitrogen and oxygen atoms in total. The molecule has 1 heterocycles. The van der Waals surface area contributed by atoms with Crippen molar-refractivity contribution in [3.05, 3.63) is 65.2 Å². The Balaban J connectivity index is 1.71. The predicted octanol–water partition coefficient (Wildman–Crippen LogP) is 3.42. The molecule has 2 aromatic carbocycles. The minimum atomic E-state index is -1.23. The minimum absolute atomic E-state index is 0.0760. The monoisotopic (exact) mass is 407 g/mol. The maximum Gasteiger partial charge on any atom is 0.325 e. The van der Waals surface area contributed by atoms with E-state index in [9.17, 15) is 19.2 Å². The number of urea groups is 1. The standard InChI is InChI=1S/C23H25N3O4/c1-14(2)16-5-9-18(10-6-16)23(4)21(29)26(22(30)25-23)13-20(28)24-19-11-7-17(8-12-19)15(3)27/h5-12,14H,13H2,1-4H3,(H,24,28)(H,25,30)/t23-/m1/s1. The molecule has 30 heavy (non-hydrogen) atoms. The van der Waals surface area contributed by atoms with Gasteiger partial charge in [-0.25, -0.2) is 4.79 Å². The number of hydrogen-bond donors (Lipinski definition) is 2. The average Bonchev–Trinajstić information content (AvgIpc) is 2.92. The van der Waals surface area contributed by atoms with E-state index in [0.717, 1.165) is 10.5 Å². The first-order chi connectivity index (χ1) is 14.1. The Kier molecular flexibility index (Phi) is 5.73. The van der Waals surface area contributed by atoms with Crippen LogP contribution in [0.25, 0.3) is 0 Å². The zero-order chi connectivity index (χ0) is 22.1. The van der Waals surface area contributed by atoms with Crippen LogP contribution in [0.1, 0.15) is 55.1 Å². The van der Waals surface area contributed by atoms with E-state index in [1.807, 2.05) is 24.3 Å². The fraction of sp³-hybridized carbons (Fsp3) is 0.304. The lowest BCUT2D eigenvalue weighted by atomic mass is 9.90. The second-order valence-electron chi connectivity index (χ2n) is 7.90. The van der Waals surface area contributed by atoms with E-state index in [4.69, 9.17) is 0 Å². The number of benzene rings is 2. The zero-order valence-corrected chi connectivity index (χ0v) is 17.5. The summed E-state index contributed by atoms with van der Waals surface area (Å²) < 4.78 is 0. The van der Waals surface area contributed by atoms with Crippen molar-refractivity contribution in [3.63, 3.8) is 0 Å². The fourth-order valence-electron chi connectivity index (χ4n) is 3.37. The van der Waals surface area contributed by atoms with Crippen molar-refractivity contribution in [1.82, 2.24) is 10.2 Å². The number of ketones is 1. The quantitative estimate of drug-likeness (QED) is 0.567. The molecule has 1 aliphatic rings. The number of hydrogen-bond acceptors (Lipinski definition) is 4. The van der Waals surface area contributed by atoms with Crippen LogP contribution in [0.15, 0.2) is 48.5 Å². The van der Waals surface area contributed by atoms with Crippen molar-refractivity contribution in [2.75, 3.05) is 11.9 Å². The number of imide groups is 1. The lowest BCUT2D eigenvalue weighted by Crippen LogP contribution is -2.42. The maximum atomic E-state index is 13.0. The lowest BCUT2D eigenvalue weighted by Gasteiger charge is -2.22. The third-order valence-corrected chi connectivity index (χ3v) is 5.31. The van der Waals surface area contributed by atoms with Gasteiger partial charge in [-0.2, -0.15) is 0 Å². The topological polar surface area (TPSA) is 95.6 Å². The summed E-state index contributed by atoms with van der Waals surface area (Å²) in [6, 6.07) is 13.3. The van der Waals surface area contributed by atoms with Gasteiger partial charge >= 0.3 is 6.03 Å². The highest BCUT2D eigenvalue weighted by Gasteiger charge is 2.49. The van der Waals surface area contributed by atoms with Crippen LogP contribution in [0.2, 0.25) is 0 Å². The van der Waals surface area contributed by atoms with Gasteiger partial charge < -0.3 is 10.6 Å². The largest absolute Gasteiger partial charge is 0.325 e. The van der Waals surface area contributed by atoms with Crippen molar-refractivity contribution >= 4 is 29.3 Å². The van der Waals surface area contributed by atoms with Gasteiger partial charge in [-0.15, -0.1) is 0 Å². The summed E-state index contributed by atoms with van der Waals surface area (Å²) in [7, 11) is 0. The number of nitrogens with one attached hydrogen (secondary N) is 2. The minimum Gasteiger partial charge on any atom is -0.325 e. The molecule has 0 unspecified atom stereocenters. The molecule has 4 amide bonds. The van der Waals surface area contributed by atoms with E-state index < -0.39 is 29.9 Å².